The van der Waals surface area contributed by atoms with E-state index in [1.807, 2.05) is 0 Å². The molecule has 4 N–H and O–H groups in total. The topological polar surface area (TPSA) is 131 Å². The monoisotopic (exact) mass is 863 g/mol. The number of carboxylic acid groups (broad SMARTS) is 2. The van der Waals surface area contributed by atoms with Gasteiger partial charge in [-0.05, 0) is 123 Å². The van der Waals surface area contributed by atoms with E-state index in [1.165, 1.54) is 70.6 Å². The standard InChI is InChI=1S/C35H56O5.C6H12N2.Pt/c1-22(2)7-6-8-23(3)28-11-12-29-27-10-9-25-19-26(13-16-33(25,4)30(27)14-17-34(28,29)5)40-18-15-24-20-35(21-24,31(36)37)32(38)39;7-5-3-1-2-4-6(5)8;/h9,22-24,26-30H,6-8,10-21H2,1-5H3,(H,36,37)(H,38,39);5-8H,1-4H2;/q;-2;+2/t23-,26+,27?,28-,29?,30?,33+,34-;;/m1../s1. The van der Waals surface area contributed by atoms with Crippen LogP contribution in [-0.4, -0.2) is 46.9 Å². The van der Waals surface area contributed by atoms with Gasteiger partial charge in [0.15, 0.2) is 5.41 Å². The molecule has 6 rings (SSSR count). The van der Waals surface area contributed by atoms with Crippen LogP contribution in [0.2, 0.25) is 0 Å². The average Bonchev–Trinajstić information content (AvgIpc) is 3.37. The van der Waals surface area contributed by atoms with Crippen LogP contribution in [0.3, 0.4) is 0 Å². The van der Waals surface area contributed by atoms with Crippen LogP contribution in [0, 0.1) is 57.7 Å². The molecule has 0 aliphatic heterocycles. The molecule has 8 heteroatoms. The summed E-state index contributed by atoms with van der Waals surface area (Å²) >= 11 is 0. The van der Waals surface area contributed by atoms with Gasteiger partial charge in [0.1, 0.15) is 0 Å². The predicted octanol–water partition coefficient (Wildman–Crippen LogP) is 10.8. The van der Waals surface area contributed by atoms with Crippen molar-refractivity contribution in [2.24, 2.45) is 57.7 Å². The molecule has 6 aliphatic carbocycles. The zero-order valence-corrected chi connectivity index (χ0v) is 33.5. The fourth-order valence-corrected chi connectivity index (χ4v) is 11.9. The Morgan fingerprint density at radius 2 is 1.55 bits per heavy atom. The number of aliphatic carboxylic acids is 2. The minimum atomic E-state index is -1.57. The molecular formula is C41H68N2O5Pt. The summed E-state index contributed by atoms with van der Waals surface area (Å²) in [6.45, 7) is 13.1. The summed E-state index contributed by atoms with van der Waals surface area (Å²) in [6.07, 6.45) is 22.8. The maximum absolute atomic E-state index is 11.4. The van der Waals surface area contributed by atoms with Crippen LogP contribution < -0.4 is 0 Å². The van der Waals surface area contributed by atoms with Crippen LogP contribution in [0.1, 0.15) is 150 Å². The Labute approximate surface area is 312 Å². The third-order valence-electron chi connectivity index (χ3n) is 15.0. The SMILES string of the molecule is CC(C)CCC[C@@H](C)[C@H]1CCC2C3CC=C4C[C@@H](OCCC5CC(C(=O)O)(C(=O)O)C5)CC[C@]4(C)C3CC[C@@]21C.[NH-]C1CCCCC1[NH-].[Pt+2]. The molecule has 0 spiro atoms. The van der Waals surface area contributed by atoms with E-state index in [9.17, 15) is 19.8 Å². The summed E-state index contributed by atoms with van der Waals surface area (Å²) in [5.41, 5.74) is 15.5. The number of carbonyl (C=O) groups is 2. The summed E-state index contributed by atoms with van der Waals surface area (Å²) in [4.78, 5) is 22.9. The zero-order valence-electron chi connectivity index (χ0n) is 31.2. The molecule has 0 bridgehead atoms. The van der Waals surface area contributed by atoms with Gasteiger partial charge in [-0.3, -0.25) is 9.59 Å². The quantitative estimate of drug-likeness (QED) is 0.158. The molecule has 7 nitrogen and oxygen atoms in total. The zero-order chi connectivity index (χ0) is 34.9. The van der Waals surface area contributed by atoms with Gasteiger partial charge in [0, 0.05) is 6.61 Å². The molecule has 6 aliphatic rings. The first-order valence-electron chi connectivity index (χ1n) is 19.9. The number of allylic oxidation sites excluding steroid dienone is 1. The van der Waals surface area contributed by atoms with Crippen LogP contribution in [0.5, 0.6) is 0 Å². The van der Waals surface area contributed by atoms with E-state index in [0.717, 1.165) is 67.6 Å². The molecule has 0 saturated heterocycles. The first-order valence-corrected chi connectivity index (χ1v) is 19.9. The molecule has 5 fully saturated rings. The van der Waals surface area contributed by atoms with Gasteiger partial charge >= 0.3 is 33.0 Å². The second-order valence-electron chi connectivity index (χ2n) is 18.3. The first-order chi connectivity index (χ1) is 22.7. The maximum atomic E-state index is 11.4. The Bertz CT molecular complexity index is 1130. The molecule has 0 amide bonds. The normalized spacial score (nSPS) is 38.7. The predicted molar refractivity (Wildman–Crippen MR) is 193 cm³/mol. The van der Waals surface area contributed by atoms with Gasteiger partial charge in [-0.25, -0.2) is 0 Å². The van der Waals surface area contributed by atoms with E-state index in [-0.39, 0.29) is 58.0 Å². The molecule has 5 unspecified atom stereocenters. The summed E-state index contributed by atoms with van der Waals surface area (Å²) in [6, 6.07) is -0.160. The average molecular weight is 864 g/mol. The molecule has 0 aromatic heterocycles. The van der Waals surface area contributed by atoms with Crippen molar-refractivity contribution < 1.29 is 45.6 Å². The minimum absolute atomic E-state index is 0. The summed E-state index contributed by atoms with van der Waals surface area (Å²) in [7, 11) is 0. The Kier molecular flexibility index (Phi) is 14.2. The summed E-state index contributed by atoms with van der Waals surface area (Å²) in [5.74, 6) is 2.88. The molecule has 49 heavy (non-hydrogen) atoms. The smallest absolute Gasteiger partial charge is 0.676 e. The van der Waals surface area contributed by atoms with Crippen molar-refractivity contribution in [3.05, 3.63) is 23.1 Å². The Hall–Kier alpha value is -0.752. The van der Waals surface area contributed by atoms with Crippen molar-refractivity contribution >= 4 is 11.9 Å². The third kappa shape index (κ3) is 8.57. The summed E-state index contributed by atoms with van der Waals surface area (Å²) < 4.78 is 6.35. The fraction of sp³-hybridized carbons (Fsp3) is 0.902. The van der Waals surface area contributed by atoms with Crippen molar-refractivity contribution in [1.82, 2.24) is 0 Å². The van der Waals surface area contributed by atoms with Crippen LogP contribution >= 0.6 is 0 Å². The Morgan fingerprint density at radius 1 is 0.898 bits per heavy atom. The van der Waals surface area contributed by atoms with E-state index >= 15 is 0 Å². The van der Waals surface area contributed by atoms with Gasteiger partial charge in [-0.15, -0.1) is 0 Å². The molecule has 0 aromatic rings. The molecule has 5 saturated carbocycles. The molecule has 282 valence electrons. The van der Waals surface area contributed by atoms with E-state index < -0.39 is 17.4 Å². The van der Waals surface area contributed by atoms with Crippen molar-refractivity contribution in [2.75, 3.05) is 6.61 Å². The molecular weight excluding hydrogens is 796 g/mol. The molecule has 10 atom stereocenters. The first kappa shape index (κ1) is 41.0. The van der Waals surface area contributed by atoms with Crippen molar-refractivity contribution in [1.29, 1.82) is 0 Å². The van der Waals surface area contributed by atoms with Crippen LogP contribution in [0.4, 0.5) is 0 Å². The molecule has 0 heterocycles. The number of carboxylic acids is 2. The second-order valence-corrected chi connectivity index (χ2v) is 18.3. The van der Waals surface area contributed by atoms with Gasteiger partial charge in [-0.1, -0.05) is 91.2 Å². The number of rotatable bonds is 11. The molecule has 0 radical (unpaired) electrons. The minimum Gasteiger partial charge on any atom is -0.676 e. The summed E-state index contributed by atoms with van der Waals surface area (Å²) in [5, 5.41) is 18.7. The molecule has 0 aromatic carbocycles. The van der Waals surface area contributed by atoms with Crippen LogP contribution in [-0.2, 0) is 35.4 Å². The van der Waals surface area contributed by atoms with Crippen LogP contribution in [0.15, 0.2) is 11.6 Å². The van der Waals surface area contributed by atoms with E-state index in [1.54, 1.807) is 5.57 Å². The Balaban J connectivity index is 0.000000529. The van der Waals surface area contributed by atoms with Gasteiger partial charge in [0.2, 0.25) is 0 Å². The van der Waals surface area contributed by atoms with Crippen molar-refractivity contribution in [2.45, 2.75) is 168 Å². The Morgan fingerprint density at radius 3 is 2.14 bits per heavy atom. The van der Waals surface area contributed by atoms with E-state index in [2.05, 4.69) is 40.7 Å². The van der Waals surface area contributed by atoms with Gasteiger partial charge in [-0.2, -0.15) is 12.1 Å². The maximum Gasteiger partial charge on any atom is 2.00 e. The number of nitrogens with one attached hydrogen (secondary N) is 2. The van der Waals surface area contributed by atoms with Crippen molar-refractivity contribution in [3.63, 3.8) is 0 Å². The van der Waals surface area contributed by atoms with Crippen LogP contribution in [0.25, 0.3) is 11.5 Å². The van der Waals surface area contributed by atoms with Crippen molar-refractivity contribution in [3.8, 4) is 0 Å². The number of hydrogen-bond donors (Lipinski definition) is 2. The van der Waals surface area contributed by atoms with Gasteiger partial charge in [0.05, 0.1) is 6.10 Å². The van der Waals surface area contributed by atoms with E-state index in [0.29, 0.717) is 17.4 Å². The largest absolute Gasteiger partial charge is 2.00 e. The third-order valence-corrected chi connectivity index (χ3v) is 15.0. The number of hydrogen-bond acceptors (Lipinski definition) is 3. The number of ether oxygens (including phenoxy) is 1. The second kappa shape index (κ2) is 16.9. The van der Waals surface area contributed by atoms with E-state index in [4.69, 9.17) is 16.2 Å². The number of fused-ring (bicyclic) bond motifs is 5. The van der Waals surface area contributed by atoms with Gasteiger partial charge < -0.3 is 26.4 Å². The van der Waals surface area contributed by atoms with Gasteiger partial charge in [0.25, 0.3) is 0 Å². The fourth-order valence-electron chi connectivity index (χ4n) is 11.9.